The van der Waals surface area contributed by atoms with Gasteiger partial charge in [-0.2, -0.15) is 0 Å². The SMILES string of the molecule is Cn1cc(Br)cc1C(=O)NNC(=O)CCNC(=O)c1ccco1. The minimum absolute atomic E-state index is 0.0174. The highest BCUT2D eigenvalue weighted by atomic mass is 79.9. The van der Waals surface area contributed by atoms with Gasteiger partial charge in [-0.25, -0.2) is 0 Å². The van der Waals surface area contributed by atoms with Crippen molar-refractivity contribution in [3.8, 4) is 0 Å². The number of carbonyl (C=O) groups is 3. The maximum atomic E-state index is 11.9. The Labute approximate surface area is 140 Å². The van der Waals surface area contributed by atoms with E-state index >= 15 is 0 Å². The molecule has 0 fully saturated rings. The molecule has 0 saturated carbocycles. The lowest BCUT2D eigenvalue weighted by Gasteiger charge is -2.08. The molecule has 0 atom stereocenters. The van der Waals surface area contributed by atoms with Crippen molar-refractivity contribution in [3.05, 3.63) is 46.6 Å². The van der Waals surface area contributed by atoms with Crippen molar-refractivity contribution in [1.82, 2.24) is 20.7 Å². The molecule has 0 aliphatic heterocycles. The van der Waals surface area contributed by atoms with Crippen LogP contribution in [0.4, 0.5) is 0 Å². The molecular formula is C14H15BrN4O4. The molecule has 23 heavy (non-hydrogen) atoms. The zero-order valence-corrected chi connectivity index (χ0v) is 13.8. The van der Waals surface area contributed by atoms with Gasteiger partial charge in [-0.15, -0.1) is 0 Å². The number of aryl methyl sites for hydroxylation is 1. The van der Waals surface area contributed by atoms with Gasteiger partial charge in [0.25, 0.3) is 11.8 Å². The van der Waals surface area contributed by atoms with Crippen LogP contribution in [0.3, 0.4) is 0 Å². The lowest BCUT2D eigenvalue weighted by Crippen LogP contribution is -2.43. The number of nitrogens with zero attached hydrogens (tertiary/aromatic N) is 1. The van der Waals surface area contributed by atoms with Gasteiger partial charge in [0.1, 0.15) is 5.69 Å². The van der Waals surface area contributed by atoms with Crippen LogP contribution in [-0.2, 0) is 11.8 Å². The summed E-state index contributed by atoms with van der Waals surface area (Å²) < 4.78 is 7.30. The number of hydrogen-bond donors (Lipinski definition) is 3. The first-order valence-electron chi connectivity index (χ1n) is 6.70. The third kappa shape index (κ3) is 4.71. The van der Waals surface area contributed by atoms with Crippen LogP contribution >= 0.6 is 15.9 Å². The number of furan rings is 1. The van der Waals surface area contributed by atoms with Crippen LogP contribution in [-0.4, -0.2) is 28.8 Å². The summed E-state index contributed by atoms with van der Waals surface area (Å²) in [6.45, 7) is 0.122. The van der Waals surface area contributed by atoms with Crippen LogP contribution in [0.25, 0.3) is 0 Å². The van der Waals surface area contributed by atoms with Gasteiger partial charge >= 0.3 is 0 Å². The molecule has 2 rings (SSSR count). The topological polar surface area (TPSA) is 105 Å². The van der Waals surface area contributed by atoms with Gasteiger partial charge in [-0.1, -0.05) is 0 Å². The van der Waals surface area contributed by atoms with Gasteiger partial charge in [0.15, 0.2) is 5.76 Å². The standard InChI is InChI=1S/C14H15BrN4O4/c1-19-8-9(15)7-10(19)13(21)18-17-12(20)4-5-16-14(22)11-3-2-6-23-11/h2-3,6-8H,4-5H2,1H3,(H,16,22)(H,17,20)(H,18,21). The molecule has 8 nitrogen and oxygen atoms in total. The number of hydrogen-bond acceptors (Lipinski definition) is 4. The Morgan fingerprint density at radius 3 is 2.65 bits per heavy atom. The van der Waals surface area contributed by atoms with Gasteiger partial charge in [0.05, 0.1) is 6.26 Å². The second kappa shape index (κ2) is 7.63. The Morgan fingerprint density at radius 1 is 1.26 bits per heavy atom. The van der Waals surface area contributed by atoms with E-state index in [9.17, 15) is 14.4 Å². The molecule has 0 bridgehead atoms. The Kier molecular flexibility index (Phi) is 5.58. The van der Waals surface area contributed by atoms with Crippen molar-refractivity contribution in [1.29, 1.82) is 0 Å². The fourth-order valence-corrected chi connectivity index (χ4v) is 2.31. The zero-order chi connectivity index (χ0) is 16.8. The summed E-state index contributed by atoms with van der Waals surface area (Å²) in [6.07, 6.45) is 3.13. The van der Waals surface area contributed by atoms with Crippen LogP contribution in [0.15, 0.2) is 39.5 Å². The van der Waals surface area contributed by atoms with E-state index in [0.29, 0.717) is 5.69 Å². The monoisotopic (exact) mass is 382 g/mol. The van der Waals surface area contributed by atoms with Crippen LogP contribution in [0, 0.1) is 0 Å². The molecule has 2 aromatic heterocycles. The zero-order valence-electron chi connectivity index (χ0n) is 12.3. The summed E-state index contributed by atoms with van der Waals surface area (Å²) in [4.78, 5) is 35.1. The summed E-state index contributed by atoms with van der Waals surface area (Å²) in [5.41, 5.74) is 4.98. The lowest BCUT2D eigenvalue weighted by molar-refractivity contribution is -0.121. The Bertz CT molecular complexity index is 708. The molecule has 0 unspecified atom stereocenters. The second-order valence-electron chi connectivity index (χ2n) is 4.64. The third-order valence-corrected chi connectivity index (χ3v) is 3.34. The van der Waals surface area contributed by atoms with Crippen molar-refractivity contribution < 1.29 is 18.8 Å². The molecule has 0 aliphatic carbocycles. The quantitative estimate of drug-likeness (QED) is 0.669. The predicted octanol–water partition coefficient (Wildman–Crippen LogP) is 0.962. The molecule has 0 spiro atoms. The predicted molar refractivity (Wildman–Crippen MR) is 84.4 cm³/mol. The fourth-order valence-electron chi connectivity index (χ4n) is 1.79. The summed E-state index contributed by atoms with van der Waals surface area (Å²) in [7, 11) is 1.71. The van der Waals surface area contributed by atoms with Gasteiger partial charge in [-0.3, -0.25) is 25.2 Å². The van der Waals surface area contributed by atoms with Crippen LogP contribution in [0.2, 0.25) is 0 Å². The van der Waals surface area contributed by atoms with Crippen molar-refractivity contribution in [2.24, 2.45) is 7.05 Å². The van der Waals surface area contributed by atoms with E-state index in [1.165, 1.54) is 12.3 Å². The molecule has 0 aliphatic rings. The van der Waals surface area contributed by atoms with Gasteiger partial charge in [0.2, 0.25) is 5.91 Å². The minimum atomic E-state index is -0.439. The van der Waals surface area contributed by atoms with Crippen molar-refractivity contribution >= 4 is 33.7 Å². The number of hydrazine groups is 1. The third-order valence-electron chi connectivity index (χ3n) is 2.90. The van der Waals surface area contributed by atoms with Crippen LogP contribution in [0.1, 0.15) is 27.5 Å². The Balaban J connectivity index is 1.70. The van der Waals surface area contributed by atoms with Crippen LogP contribution in [0.5, 0.6) is 0 Å². The average molecular weight is 383 g/mol. The molecule has 122 valence electrons. The number of aromatic nitrogens is 1. The largest absolute Gasteiger partial charge is 0.459 e. The van der Waals surface area contributed by atoms with Crippen molar-refractivity contribution in [2.45, 2.75) is 6.42 Å². The second-order valence-corrected chi connectivity index (χ2v) is 5.56. The summed E-state index contributed by atoms with van der Waals surface area (Å²) in [6, 6.07) is 4.75. The van der Waals surface area contributed by atoms with E-state index in [0.717, 1.165) is 4.47 Å². The first kappa shape index (κ1) is 16.8. The molecule has 0 aromatic carbocycles. The molecule has 3 N–H and O–H groups in total. The molecule has 2 heterocycles. The summed E-state index contributed by atoms with van der Waals surface area (Å²) >= 11 is 3.26. The van der Waals surface area contributed by atoms with E-state index in [1.807, 2.05) is 0 Å². The normalized spacial score (nSPS) is 10.2. The van der Waals surface area contributed by atoms with Crippen LogP contribution < -0.4 is 16.2 Å². The fraction of sp³-hybridized carbons (Fsp3) is 0.214. The van der Waals surface area contributed by atoms with Crippen molar-refractivity contribution in [3.63, 3.8) is 0 Å². The highest BCUT2D eigenvalue weighted by Crippen LogP contribution is 2.13. The van der Waals surface area contributed by atoms with Gasteiger partial charge in [-0.05, 0) is 34.1 Å². The maximum absolute atomic E-state index is 11.9. The smallest absolute Gasteiger partial charge is 0.286 e. The molecule has 2 aromatic rings. The van der Waals surface area contributed by atoms with E-state index in [-0.39, 0.29) is 18.7 Å². The summed E-state index contributed by atoms with van der Waals surface area (Å²) in [5.74, 6) is -1.09. The first-order valence-corrected chi connectivity index (χ1v) is 7.49. The van der Waals surface area contributed by atoms with E-state index in [4.69, 9.17) is 4.42 Å². The van der Waals surface area contributed by atoms with E-state index in [2.05, 4.69) is 32.1 Å². The van der Waals surface area contributed by atoms with Gasteiger partial charge in [0, 0.05) is 30.7 Å². The number of halogens is 1. The number of amides is 3. The average Bonchev–Trinajstić information content (AvgIpc) is 3.14. The number of carbonyl (C=O) groups excluding carboxylic acids is 3. The highest BCUT2D eigenvalue weighted by molar-refractivity contribution is 9.10. The maximum Gasteiger partial charge on any atom is 0.286 e. The summed E-state index contributed by atoms with van der Waals surface area (Å²) in [5, 5.41) is 2.53. The number of rotatable bonds is 5. The van der Waals surface area contributed by atoms with Gasteiger partial charge < -0.3 is 14.3 Å². The Hall–Kier alpha value is -2.55. The Morgan fingerprint density at radius 2 is 2.04 bits per heavy atom. The highest BCUT2D eigenvalue weighted by Gasteiger charge is 2.12. The van der Waals surface area contributed by atoms with E-state index < -0.39 is 17.7 Å². The first-order chi connectivity index (χ1) is 11.0. The minimum Gasteiger partial charge on any atom is -0.459 e. The number of nitrogens with one attached hydrogen (secondary N) is 3. The molecule has 0 radical (unpaired) electrons. The van der Waals surface area contributed by atoms with E-state index in [1.54, 1.807) is 29.9 Å². The molecule has 0 saturated heterocycles. The molecule has 3 amide bonds. The molecular weight excluding hydrogens is 368 g/mol. The molecule has 9 heteroatoms. The van der Waals surface area contributed by atoms with Crippen molar-refractivity contribution in [2.75, 3.05) is 6.54 Å². The lowest BCUT2D eigenvalue weighted by atomic mass is 10.3.